The molecule has 9 nitrogen and oxygen atoms in total. The lowest BCUT2D eigenvalue weighted by Crippen LogP contribution is -2.21. The molecule has 0 spiro atoms. The number of nitrogens with one attached hydrogen (secondary N) is 1. The van der Waals surface area contributed by atoms with Gasteiger partial charge in [-0.1, -0.05) is 6.07 Å². The van der Waals surface area contributed by atoms with E-state index in [0.29, 0.717) is 33.9 Å². The predicted octanol–water partition coefficient (Wildman–Crippen LogP) is 4.69. The Morgan fingerprint density at radius 1 is 1.18 bits per heavy atom. The van der Waals surface area contributed by atoms with Crippen LogP contribution in [0.5, 0.6) is 5.75 Å². The van der Waals surface area contributed by atoms with Gasteiger partial charge >= 0.3 is 5.97 Å². The number of aromatic nitrogens is 3. The second-order valence-corrected chi connectivity index (χ2v) is 8.16. The van der Waals surface area contributed by atoms with Gasteiger partial charge in [-0.25, -0.2) is 14.5 Å². The lowest BCUT2D eigenvalue weighted by molar-refractivity contribution is -0.119. The zero-order valence-electron chi connectivity index (χ0n) is 19.7. The smallest absolute Gasteiger partial charge is 0.339 e. The van der Waals surface area contributed by atoms with Crippen molar-refractivity contribution in [1.82, 2.24) is 14.8 Å². The highest BCUT2D eigenvalue weighted by atomic mass is 16.5. The minimum Gasteiger partial charge on any atom is -0.497 e. The van der Waals surface area contributed by atoms with Crippen molar-refractivity contribution >= 4 is 28.6 Å². The molecule has 0 saturated heterocycles. The van der Waals surface area contributed by atoms with E-state index in [4.69, 9.17) is 18.9 Å². The van der Waals surface area contributed by atoms with Crippen LogP contribution < -0.4 is 10.1 Å². The van der Waals surface area contributed by atoms with Crippen molar-refractivity contribution in [2.24, 2.45) is 0 Å². The van der Waals surface area contributed by atoms with Gasteiger partial charge in [0, 0.05) is 23.4 Å². The molecule has 1 N–H and O–H groups in total. The Bertz CT molecular complexity index is 1370. The monoisotopic (exact) mass is 462 g/mol. The largest absolute Gasteiger partial charge is 0.497 e. The molecule has 0 unspecified atom stereocenters. The van der Waals surface area contributed by atoms with Crippen LogP contribution >= 0.6 is 0 Å². The zero-order valence-corrected chi connectivity index (χ0v) is 19.7. The lowest BCUT2D eigenvalue weighted by atomic mass is 10.1. The molecule has 0 saturated carbocycles. The molecule has 9 heteroatoms. The van der Waals surface area contributed by atoms with Crippen molar-refractivity contribution in [1.29, 1.82) is 0 Å². The molecule has 0 aliphatic carbocycles. The number of hydrogen-bond donors (Lipinski definition) is 1. The van der Waals surface area contributed by atoms with E-state index in [1.165, 1.54) is 0 Å². The summed E-state index contributed by atoms with van der Waals surface area (Å²) in [5, 5.41) is 7.64. The quantitative estimate of drug-likeness (QED) is 0.397. The second-order valence-electron chi connectivity index (χ2n) is 8.16. The van der Waals surface area contributed by atoms with E-state index < -0.39 is 18.5 Å². The Hall–Kier alpha value is -4.14. The molecular weight excluding hydrogens is 436 g/mol. The molecule has 0 aliphatic rings. The molecule has 0 aliphatic heterocycles. The normalized spacial score (nSPS) is 11.1. The van der Waals surface area contributed by atoms with Crippen LogP contribution in [-0.4, -0.2) is 40.4 Å². The summed E-state index contributed by atoms with van der Waals surface area (Å²) < 4.78 is 17.9. The van der Waals surface area contributed by atoms with Crippen LogP contribution in [0.4, 0.5) is 5.69 Å². The number of anilines is 1. The number of benzene rings is 1. The number of ether oxygens (including phenoxy) is 2. The van der Waals surface area contributed by atoms with Crippen LogP contribution in [0.1, 0.15) is 41.8 Å². The van der Waals surface area contributed by atoms with E-state index in [0.717, 1.165) is 11.3 Å². The summed E-state index contributed by atoms with van der Waals surface area (Å²) in [7, 11) is 1.54. The van der Waals surface area contributed by atoms with Crippen molar-refractivity contribution in [2.45, 2.75) is 33.7 Å². The van der Waals surface area contributed by atoms with E-state index in [-0.39, 0.29) is 11.6 Å². The third-order valence-corrected chi connectivity index (χ3v) is 5.28. The minimum atomic E-state index is -0.643. The maximum absolute atomic E-state index is 13.1. The van der Waals surface area contributed by atoms with E-state index in [9.17, 15) is 9.59 Å². The maximum atomic E-state index is 13.1. The molecule has 0 atom stereocenters. The number of esters is 1. The first-order chi connectivity index (χ1) is 16.3. The third-order valence-electron chi connectivity index (χ3n) is 5.28. The molecule has 1 aromatic carbocycles. The van der Waals surface area contributed by atoms with Gasteiger partial charge in [-0.15, -0.1) is 0 Å². The fraction of sp³-hybridized carbons (Fsp3) is 0.280. The Kier molecular flexibility index (Phi) is 6.36. The maximum Gasteiger partial charge on any atom is 0.339 e. The fourth-order valence-corrected chi connectivity index (χ4v) is 3.69. The molecule has 34 heavy (non-hydrogen) atoms. The summed E-state index contributed by atoms with van der Waals surface area (Å²) in [5.41, 5.74) is 2.72. The average Bonchev–Trinajstić information content (AvgIpc) is 3.39. The van der Waals surface area contributed by atoms with Crippen LogP contribution in [-0.2, 0) is 9.53 Å². The van der Waals surface area contributed by atoms with Gasteiger partial charge in [0.1, 0.15) is 17.3 Å². The minimum absolute atomic E-state index is 0.0324. The Labute approximate surface area is 196 Å². The summed E-state index contributed by atoms with van der Waals surface area (Å²) in [6.45, 7) is 7.21. The lowest BCUT2D eigenvalue weighted by Gasteiger charge is -2.11. The zero-order chi connectivity index (χ0) is 24.4. The van der Waals surface area contributed by atoms with E-state index in [2.05, 4.69) is 10.4 Å². The van der Waals surface area contributed by atoms with Gasteiger partial charge in [-0.05, 0) is 52.0 Å². The number of pyridine rings is 1. The first kappa shape index (κ1) is 23.0. The number of rotatable bonds is 7. The molecule has 0 fully saturated rings. The molecule has 0 radical (unpaired) electrons. The topological polar surface area (TPSA) is 108 Å². The summed E-state index contributed by atoms with van der Waals surface area (Å²) in [6.07, 6.45) is 1.59. The molecule has 3 heterocycles. The SMILES string of the molecule is COc1cccc(NC(=O)COC(=O)c2cc(-c3cc(C)oc3C)nc3c2cnn3C(C)C)c1. The van der Waals surface area contributed by atoms with Gasteiger partial charge in [0.2, 0.25) is 0 Å². The van der Waals surface area contributed by atoms with Crippen molar-refractivity contribution in [3.8, 4) is 17.0 Å². The summed E-state index contributed by atoms with van der Waals surface area (Å²) in [5.74, 6) is 0.928. The number of furan rings is 1. The van der Waals surface area contributed by atoms with Gasteiger partial charge in [-0.3, -0.25) is 4.79 Å². The molecule has 176 valence electrons. The molecule has 0 bridgehead atoms. The summed E-state index contributed by atoms with van der Waals surface area (Å²) in [4.78, 5) is 30.2. The highest BCUT2D eigenvalue weighted by Crippen LogP contribution is 2.30. The van der Waals surface area contributed by atoms with Crippen LogP contribution in [0.2, 0.25) is 0 Å². The van der Waals surface area contributed by atoms with Gasteiger partial charge in [0.05, 0.1) is 30.0 Å². The molecule has 3 aromatic heterocycles. The Balaban J connectivity index is 1.61. The van der Waals surface area contributed by atoms with Gasteiger partial charge in [0.25, 0.3) is 5.91 Å². The Morgan fingerprint density at radius 2 is 1.97 bits per heavy atom. The first-order valence-corrected chi connectivity index (χ1v) is 10.8. The number of amides is 1. The van der Waals surface area contributed by atoms with Crippen molar-refractivity contribution in [3.05, 3.63) is 59.7 Å². The second kappa shape index (κ2) is 9.38. The molecule has 4 aromatic rings. The third kappa shape index (κ3) is 4.63. The van der Waals surface area contributed by atoms with Gasteiger partial charge < -0.3 is 19.2 Å². The number of carbonyl (C=O) groups excluding carboxylic acids is 2. The molecular formula is C25H26N4O5. The number of hydrogen-bond acceptors (Lipinski definition) is 7. The van der Waals surface area contributed by atoms with Crippen LogP contribution in [0.25, 0.3) is 22.3 Å². The van der Waals surface area contributed by atoms with Crippen LogP contribution in [0, 0.1) is 13.8 Å². The Morgan fingerprint density at radius 3 is 2.65 bits per heavy atom. The standard InChI is InChI=1S/C25H26N4O5/c1-14(2)29-24-21(12-26-29)20(11-22(28-24)19-9-15(3)34-16(19)4)25(31)33-13-23(30)27-17-7-6-8-18(10-17)32-5/h6-12,14H,13H2,1-5H3,(H,27,30). The van der Waals surface area contributed by atoms with Gasteiger partial charge in [-0.2, -0.15) is 5.10 Å². The van der Waals surface area contributed by atoms with Crippen molar-refractivity contribution in [3.63, 3.8) is 0 Å². The number of fused-ring (bicyclic) bond motifs is 1. The first-order valence-electron chi connectivity index (χ1n) is 10.8. The highest BCUT2D eigenvalue weighted by molar-refractivity contribution is 6.05. The predicted molar refractivity (Wildman–Crippen MR) is 127 cm³/mol. The van der Waals surface area contributed by atoms with Crippen LogP contribution in [0.15, 0.2) is 47.0 Å². The highest BCUT2D eigenvalue weighted by Gasteiger charge is 2.22. The summed E-state index contributed by atoms with van der Waals surface area (Å²) >= 11 is 0. The van der Waals surface area contributed by atoms with Crippen molar-refractivity contribution < 1.29 is 23.5 Å². The van der Waals surface area contributed by atoms with E-state index >= 15 is 0 Å². The van der Waals surface area contributed by atoms with Crippen LogP contribution in [0.3, 0.4) is 0 Å². The number of aryl methyl sites for hydroxylation is 2. The van der Waals surface area contributed by atoms with E-state index in [1.54, 1.807) is 48.3 Å². The number of methoxy groups -OCH3 is 1. The summed E-state index contributed by atoms with van der Waals surface area (Å²) in [6, 6.07) is 10.5. The molecule has 4 rings (SSSR count). The number of nitrogens with zero attached hydrogens (tertiary/aromatic N) is 3. The average molecular weight is 463 g/mol. The number of carbonyl (C=O) groups is 2. The molecule has 1 amide bonds. The van der Waals surface area contributed by atoms with Crippen molar-refractivity contribution in [2.75, 3.05) is 19.0 Å². The van der Waals surface area contributed by atoms with E-state index in [1.807, 2.05) is 33.8 Å². The van der Waals surface area contributed by atoms with Gasteiger partial charge in [0.15, 0.2) is 12.3 Å². The fourth-order valence-electron chi connectivity index (χ4n) is 3.69.